The molecule has 1 N–H and O–H groups in total. The van der Waals surface area contributed by atoms with E-state index >= 15 is 0 Å². The van der Waals surface area contributed by atoms with Crippen molar-refractivity contribution in [3.63, 3.8) is 0 Å². The predicted octanol–water partition coefficient (Wildman–Crippen LogP) is 3.22. The van der Waals surface area contributed by atoms with Gasteiger partial charge < -0.3 is 5.32 Å². The Morgan fingerprint density at radius 1 is 1.42 bits per heavy atom. The number of benzene rings is 1. The molecule has 0 amide bonds. The monoisotopic (exact) mass is 273 g/mol. The van der Waals surface area contributed by atoms with Crippen molar-refractivity contribution in [3.05, 3.63) is 33.9 Å². The lowest BCUT2D eigenvalue weighted by molar-refractivity contribution is -0.384. The lowest BCUT2D eigenvalue weighted by atomic mass is 10.2. The fourth-order valence-corrected chi connectivity index (χ4v) is 1.41. The molecule has 0 spiro atoms. The van der Waals surface area contributed by atoms with E-state index in [1.165, 1.54) is 12.1 Å². The SMILES string of the molecule is N#Cc1ccc(NCCCC(F)(F)F)c([N+](=O)[O-])c1. The fraction of sp³-hybridized carbons (Fsp3) is 0.364. The summed E-state index contributed by atoms with van der Waals surface area (Å²) < 4.78 is 35.7. The molecule has 1 aromatic rings. The second-order valence-corrected chi connectivity index (χ2v) is 3.75. The Morgan fingerprint density at radius 2 is 2.11 bits per heavy atom. The number of nitrogens with one attached hydrogen (secondary N) is 1. The van der Waals surface area contributed by atoms with Crippen molar-refractivity contribution in [3.8, 4) is 6.07 Å². The summed E-state index contributed by atoms with van der Waals surface area (Å²) in [7, 11) is 0. The largest absolute Gasteiger partial charge is 0.389 e. The van der Waals surface area contributed by atoms with Crippen LogP contribution in [0.3, 0.4) is 0 Å². The molecule has 102 valence electrons. The maximum atomic E-state index is 11.9. The van der Waals surface area contributed by atoms with Crippen LogP contribution in [0.1, 0.15) is 18.4 Å². The standard InChI is InChI=1S/C11H10F3N3O2/c12-11(13,14)4-1-5-16-9-3-2-8(7-15)6-10(9)17(18)19/h2-3,6,16H,1,4-5H2. The molecule has 0 unspecified atom stereocenters. The van der Waals surface area contributed by atoms with Crippen LogP contribution in [0.5, 0.6) is 0 Å². The van der Waals surface area contributed by atoms with Crippen LogP contribution in [0.15, 0.2) is 18.2 Å². The number of halogens is 3. The number of alkyl halides is 3. The Kier molecular flexibility index (Phi) is 4.69. The molecule has 0 aliphatic carbocycles. The third-order valence-electron chi connectivity index (χ3n) is 2.28. The second-order valence-electron chi connectivity index (χ2n) is 3.75. The highest BCUT2D eigenvalue weighted by Crippen LogP contribution is 2.26. The van der Waals surface area contributed by atoms with Gasteiger partial charge in [0.15, 0.2) is 0 Å². The zero-order chi connectivity index (χ0) is 14.5. The number of hydrogen-bond donors (Lipinski definition) is 1. The van der Waals surface area contributed by atoms with Gasteiger partial charge in [-0.05, 0) is 18.6 Å². The van der Waals surface area contributed by atoms with E-state index in [1.807, 2.05) is 0 Å². The molecule has 1 rings (SSSR count). The molecule has 0 saturated heterocycles. The molecule has 0 radical (unpaired) electrons. The van der Waals surface area contributed by atoms with Gasteiger partial charge in [0, 0.05) is 19.0 Å². The van der Waals surface area contributed by atoms with Crippen LogP contribution < -0.4 is 5.32 Å². The summed E-state index contributed by atoms with van der Waals surface area (Å²) in [6.07, 6.45) is -5.37. The smallest absolute Gasteiger partial charge is 0.379 e. The molecule has 0 fully saturated rings. The third-order valence-corrected chi connectivity index (χ3v) is 2.28. The zero-order valence-electron chi connectivity index (χ0n) is 9.70. The Bertz CT molecular complexity index is 509. The van der Waals surface area contributed by atoms with Gasteiger partial charge in [-0.1, -0.05) is 0 Å². The fourth-order valence-electron chi connectivity index (χ4n) is 1.41. The summed E-state index contributed by atoms with van der Waals surface area (Å²) in [6.45, 7) is -0.0355. The van der Waals surface area contributed by atoms with E-state index in [2.05, 4.69) is 5.32 Å². The van der Waals surface area contributed by atoms with Crippen LogP contribution in [0.25, 0.3) is 0 Å². The third kappa shape index (κ3) is 4.83. The maximum Gasteiger partial charge on any atom is 0.389 e. The first kappa shape index (κ1) is 14.8. The van der Waals surface area contributed by atoms with Gasteiger partial charge >= 0.3 is 6.18 Å². The molecule has 0 atom stereocenters. The Morgan fingerprint density at radius 3 is 2.63 bits per heavy atom. The number of anilines is 1. The van der Waals surface area contributed by atoms with Gasteiger partial charge in [0.25, 0.3) is 5.69 Å². The van der Waals surface area contributed by atoms with Gasteiger partial charge in [0.1, 0.15) is 5.69 Å². The van der Waals surface area contributed by atoms with Crippen LogP contribution in [-0.4, -0.2) is 17.6 Å². The average Bonchev–Trinajstić information content (AvgIpc) is 2.33. The first-order chi connectivity index (χ1) is 8.83. The van der Waals surface area contributed by atoms with E-state index in [0.29, 0.717) is 0 Å². The van der Waals surface area contributed by atoms with Crippen molar-refractivity contribution in [1.82, 2.24) is 0 Å². The number of nitriles is 1. The summed E-state index contributed by atoms with van der Waals surface area (Å²) >= 11 is 0. The van der Waals surface area contributed by atoms with E-state index < -0.39 is 17.5 Å². The Hall–Kier alpha value is -2.30. The minimum atomic E-state index is -4.24. The molecule has 5 nitrogen and oxygen atoms in total. The number of nitro benzene ring substituents is 1. The molecule has 0 aliphatic rings. The number of nitro groups is 1. The predicted molar refractivity (Wildman–Crippen MR) is 61.6 cm³/mol. The zero-order valence-corrected chi connectivity index (χ0v) is 9.70. The molecule has 0 aliphatic heterocycles. The quantitative estimate of drug-likeness (QED) is 0.507. The molecule has 8 heteroatoms. The lowest BCUT2D eigenvalue weighted by Gasteiger charge is -2.08. The highest BCUT2D eigenvalue weighted by atomic mass is 19.4. The minimum Gasteiger partial charge on any atom is -0.379 e. The molecule has 19 heavy (non-hydrogen) atoms. The van der Waals surface area contributed by atoms with Crippen LogP contribution in [0.4, 0.5) is 24.5 Å². The van der Waals surface area contributed by atoms with E-state index in [9.17, 15) is 23.3 Å². The van der Waals surface area contributed by atoms with Crippen LogP contribution >= 0.6 is 0 Å². The molecule has 0 saturated carbocycles. The molecular weight excluding hydrogens is 263 g/mol. The molecular formula is C11H10F3N3O2. The number of rotatable bonds is 5. The van der Waals surface area contributed by atoms with Crippen molar-refractivity contribution in [2.75, 3.05) is 11.9 Å². The van der Waals surface area contributed by atoms with Gasteiger partial charge in [-0.15, -0.1) is 0 Å². The second kappa shape index (κ2) is 6.04. The van der Waals surface area contributed by atoms with Gasteiger partial charge in [0.2, 0.25) is 0 Å². The molecule has 0 heterocycles. The number of hydrogen-bond acceptors (Lipinski definition) is 4. The van der Waals surface area contributed by atoms with E-state index in [1.54, 1.807) is 6.07 Å². The number of nitrogens with zero attached hydrogens (tertiary/aromatic N) is 2. The van der Waals surface area contributed by atoms with Crippen molar-refractivity contribution in [2.24, 2.45) is 0 Å². The first-order valence-electron chi connectivity index (χ1n) is 5.32. The summed E-state index contributed by atoms with van der Waals surface area (Å²) in [6, 6.07) is 5.50. The van der Waals surface area contributed by atoms with E-state index in [-0.39, 0.29) is 29.9 Å². The summed E-state index contributed by atoms with van der Waals surface area (Å²) in [4.78, 5) is 10.1. The summed E-state index contributed by atoms with van der Waals surface area (Å²) in [5, 5.41) is 21.9. The molecule has 1 aromatic carbocycles. The van der Waals surface area contributed by atoms with Gasteiger partial charge in [0.05, 0.1) is 16.6 Å². The molecule has 0 aromatic heterocycles. The maximum absolute atomic E-state index is 11.9. The van der Waals surface area contributed by atoms with Gasteiger partial charge in [-0.25, -0.2) is 0 Å². The van der Waals surface area contributed by atoms with Gasteiger partial charge in [-0.3, -0.25) is 10.1 Å². The average molecular weight is 273 g/mol. The Labute approximate surface area is 106 Å². The van der Waals surface area contributed by atoms with Crippen molar-refractivity contribution < 1.29 is 18.1 Å². The van der Waals surface area contributed by atoms with Crippen LogP contribution in [0.2, 0.25) is 0 Å². The topological polar surface area (TPSA) is 79.0 Å². The lowest BCUT2D eigenvalue weighted by Crippen LogP contribution is -2.11. The first-order valence-corrected chi connectivity index (χ1v) is 5.32. The van der Waals surface area contributed by atoms with Crippen LogP contribution in [-0.2, 0) is 0 Å². The summed E-state index contributed by atoms with van der Waals surface area (Å²) in [5.74, 6) is 0. The van der Waals surface area contributed by atoms with Crippen molar-refractivity contribution in [1.29, 1.82) is 5.26 Å². The Balaban J connectivity index is 2.68. The summed E-state index contributed by atoms with van der Waals surface area (Å²) in [5.41, 5.74) is -0.107. The van der Waals surface area contributed by atoms with Gasteiger partial charge in [-0.2, -0.15) is 18.4 Å². The molecule has 0 bridgehead atoms. The van der Waals surface area contributed by atoms with Crippen molar-refractivity contribution >= 4 is 11.4 Å². The van der Waals surface area contributed by atoms with Crippen molar-refractivity contribution in [2.45, 2.75) is 19.0 Å². The highest BCUT2D eigenvalue weighted by molar-refractivity contribution is 5.63. The van der Waals surface area contributed by atoms with Crippen LogP contribution in [0, 0.1) is 21.4 Å². The van der Waals surface area contributed by atoms with E-state index in [4.69, 9.17) is 5.26 Å². The van der Waals surface area contributed by atoms with E-state index in [0.717, 1.165) is 6.07 Å². The normalized spacial score (nSPS) is 10.8. The highest BCUT2D eigenvalue weighted by Gasteiger charge is 2.26. The minimum absolute atomic E-state index is 0.0355.